The standard InChI is InChI=1S/C19H21F2N3O3S/c20-16-6-7-18(17(21)12-16)22-19(25)13-23-8-10-24(11-9-23)28(26,27)14-15-4-2-1-3-5-15/h1-7,12H,8-11,13-14H2,(H,22,25)/p+1. The van der Waals surface area contributed by atoms with Crippen molar-refractivity contribution in [3.8, 4) is 0 Å². The van der Waals surface area contributed by atoms with Crippen LogP contribution in [0.3, 0.4) is 0 Å². The first kappa shape index (κ1) is 20.4. The van der Waals surface area contributed by atoms with Crippen LogP contribution in [0.25, 0.3) is 0 Å². The van der Waals surface area contributed by atoms with Crippen molar-refractivity contribution in [2.75, 3.05) is 38.0 Å². The van der Waals surface area contributed by atoms with Crippen LogP contribution in [0, 0.1) is 11.6 Å². The fourth-order valence-corrected chi connectivity index (χ4v) is 4.68. The van der Waals surface area contributed by atoms with Crippen molar-refractivity contribution in [3.63, 3.8) is 0 Å². The Balaban J connectivity index is 1.50. The van der Waals surface area contributed by atoms with Gasteiger partial charge >= 0.3 is 0 Å². The molecule has 1 amide bonds. The number of carbonyl (C=O) groups is 1. The lowest BCUT2D eigenvalue weighted by molar-refractivity contribution is -0.895. The van der Waals surface area contributed by atoms with E-state index in [1.165, 1.54) is 10.4 Å². The van der Waals surface area contributed by atoms with Gasteiger partial charge in [-0.25, -0.2) is 17.2 Å². The van der Waals surface area contributed by atoms with Crippen LogP contribution in [0.1, 0.15) is 5.56 Å². The average Bonchev–Trinajstić information content (AvgIpc) is 2.65. The molecule has 2 N–H and O–H groups in total. The molecule has 2 aromatic rings. The smallest absolute Gasteiger partial charge is 0.279 e. The number of quaternary nitrogens is 1. The summed E-state index contributed by atoms with van der Waals surface area (Å²) >= 11 is 0. The second kappa shape index (κ2) is 8.76. The van der Waals surface area contributed by atoms with Crippen molar-refractivity contribution < 1.29 is 26.9 Å². The molecule has 150 valence electrons. The van der Waals surface area contributed by atoms with Gasteiger partial charge in [0.1, 0.15) is 11.6 Å². The number of hydrogen-bond donors (Lipinski definition) is 2. The van der Waals surface area contributed by atoms with Crippen LogP contribution in [0.2, 0.25) is 0 Å². The number of amides is 1. The molecule has 2 aromatic carbocycles. The monoisotopic (exact) mass is 410 g/mol. The van der Waals surface area contributed by atoms with Crippen LogP contribution < -0.4 is 10.2 Å². The average molecular weight is 410 g/mol. The lowest BCUT2D eigenvalue weighted by Gasteiger charge is -2.31. The van der Waals surface area contributed by atoms with E-state index >= 15 is 0 Å². The van der Waals surface area contributed by atoms with Crippen molar-refractivity contribution in [3.05, 3.63) is 65.7 Å². The van der Waals surface area contributed by atoms with Gasteiger partial charge in [0.25, 0.3) is 5.91 Å². The van der Waals surface area contributed by atoms with E-state index in [0.29, 0.717) is 32.2 Å². The maximum absolute atomic E-state index is 13.6. The molecule has 0 bridgehead atoms. The fourth-order valence-electron chi connectivity index (χ4n) is 3.15. The predicted octanol–water partition coefficient (Wildman–Crippen LogP) is 0.634. The summed E-state index contributed by atoms with van der Waals surface area (Å²) in [6.45, 7) is 1.69. The first-order valence-electron chi connectivity index (χ1n) is 8.94. The maximum Gasteiger partial charge on any atom is 0.279 e. The molecule has 0 saturated carbocycles. The second-order valence-corrected chi connectivity index (χ2v) is 8.71. The quantitative estimate of drug-likeness (QED) is 0.734. The highest BCUT2D eigenvalue weighted by molar-refractivity contribution is 7.88. The predicted molar refractivity (Wildman–Crippen MR) is 101 cm³/mol. The summed E-state index contributed by atoms with van der Waals surface area (Å²) in [4.78, 5) is 13.0. The molecule has 0 radical (unpaired) electrons. The Morgan fingerprint density at radius 2 is 1.75 bits per heavy atom. The summed E-state index contributed by atoms with van der Waals surface area (Å²) in [6, 6.07) is 11.9. The SMILES string of the molecule is O=C(C[NH+]1CCN(S(=O)(=O)Cc2ccccc2)CC1)Nc1ccc(F)cc1F. The van der Waals surface area contributed by atoms with E-state index in [1.807, 2.05) is 6.07 Å². The minimum Gasteiger partial charge on any atom is -0.325 e. The maximum atomic E-state index is 13.6. The zero-order valence-corrected chi connectivity index (χ0v) is 16.0. The Bertz CT molecular complexity index is 931. The molecule has 0 unspecified atom stereocenters. The van der Waals surface area contributed by atoms with Gasteiger partial charge in [0.2, 0.25) is 10.0 Å². The summed E-state index contributed by atoms with van der Waals surface area (Å²) in [6.07, 6.45) is 0. The number of carbonyl (C=O) groups excluding carboxylic acids is 1. The number of benzene rings is 2. The molecule has 6 nitrogen and oxygen atoms in total. The van der Waals surface area contributed by atoms with E-state index in [9.17, 15) is 22.0 Å². The van der Waals surface area contributed by atoms with Gasteiger partial charge < -0.3 is 10.2 Å². The molecule has 0 spiro atoms. The normalized spacial score (nSPS) is 16.1. The first-order valence-corrected chi connectivity index (χ1v) is 10.5. The van der Waals surface area contributed by atoms with Crippen molar-refractivity contribution >= 4 is 21.6 Å². The molecule has 1 fully saturated rings. The van der Waals surface area contributed by atoms with E-state index < -0.39 is 27.6 Å². The highest BCUT2D eigenvalue weighted by atomic mass is 32.2. The third kappa shape index (κ3) is 5.34. The molecule has 1 heterocycles. The summed E-state index contributed by atoms with van der Waals surface area (Å²) in [5.74, 6) is -2.00. The third-order valence-electron chi connectivity index (χ3n) is 4.63. The summed E-state index contributed by atoms with van der Waals surface area (Å²) in [5, 5.41) is 2.43. The van der Waals surface area contributed by atoms with E-state index in [-0.39, 0.29) is 18.0 Å². The molecule has 3 rings (SSSR count). The van der Waals surface area contributed by atoms with Gasteiger partial charge in [-0.2, -0.15) is 4.31 Å². The lowest BCUT2D eigenvalue weighted by Crippen LogP contribution is -3.15. The zero-order valence-electron chi connectivity index (χ0n) is 15.2. The van der Waals surface area contributed by atoms with Crippen LogP contribution in [0.15, 0.2) is 48.5 Å². The van der Waals surface area contributed by atoms with Gasteiger partial charge in [-0.15, -0.1) is 0 Å². The minimum absolute atomic E-state index is 0.0481. The number of anilines is 1. The van der Waals surface area contributed by atoms with Crippen molar-refractivity contribution in [2.24, 2.45) is 0 Å². The molecule has 28 heavy (non-hydrogen) atoms. The van der Waals surface area contributed by atoms with Gasteiger partial charge in [-0.05, 0) is 17.7 Å². The molecular formula is C19H22F2N3O3S+. The minimum atomic E-state index is -3.41. The van der Waals surface area contributed by atoms with Crippen molar-refractivity contribution in [1.82, 2.24) is 4.31 Å². The lowest BCUT2D eigenvalue weighted by atomic mass is 10.2. The number of sulfonamides is 1. The second-order valence-electron chi connectivity index (χ2n) is 6.74. The van der Waals surface area contributed by atoms with Crippen LogP contribution in [0.4, 0.5) is 14.5 Å². The summed E-state index contributed by atoms with van der Waals surface area (Å²) < 4.78 is 53.1. The molecule has 9 heteroatoms. The first-order chi connectivity index (χ1) is 13.3. The number of nitrogens with one attached hydrogen (secondary N) is 2. The highest BCUT2D eigenvalue weighted by Gasteiger charge is 2.30. The molecule has 0 atom stereocenters. The van der Waals surface area contributed by atoms with Gasteiger partial charge in [0.05, 0.1) is 37.6 Å². The Hall–Kier alpha value is -2.36. The summed E-state index contributed by atoms with van der Waals surface area (Å²) in [7, 11) is -3.41. The van der Waals surface area contributed by atoms with Crippen LogP contribution in [-0.4, -0.2) is 51.4 Å². The molecule has 1 aliphatic heterocycles. The third-order valence-corrected chi connectivity index (χ3v) is 6.48. The van der Waals surface area contributed by atoms with E-state index in [4.69, 9.17) is 0 Å². The van der Waals surface area contributed by atoms with E-state index in [1.54, 1.807) is 24.3 Å². The van der Waals surface area contributed by atoms with Crippen molar-refractivity contribution in [2.45, 2.75) is 5.75 Å². The van der Waals surface area contributed by atoms with Gasteiger partial charge in [0, 0.05) is 6.07 Å². The zero-order chi connectivity index (χ0) is 20.1. The Kier molecular flexibility index (Phi) is 6.38. The van der Waals surface area contributed by atoms with E-state index in [2.05, 4.69) is 5.32 Å². The molecule has 0 aliphatic carbocycles. The number of nitrogens with zero attached hydrogens (tertiary/aromatic N) is 1. The highest BCUT2D eigenvalue weighted by Crippen LogP contribution is 2.14. The van der Waals surface area contributed by atoms with E-state index in [0.717, 1.165) is 16.5 Å². The Morgan fingerprint density at radius 1 is 1.07 bits per heavy atom. The van der Waals surface area contributed by atoms with Crippen LogP contribution >= 0.6 is 0 Å². The Morgan fingerprint density at radius 3 is 2.39 bits per heavy atom. The van der Waals surface area contributed by atoms with Crippen LogP contribution in [-0.2, 0) is 20.6 Å². The Labute approximate surface area is 162 Å². The largest absolute Gasteiger partial charge is 0.325 e. The van der Waals surface area contributed by atoms with Gasteiger partial charge in [0.15, 0.2) is 6.54 Å². The molecule has 1 saturated heterocycles. The molecule has 1 aliphatic rings. The number of piperazine rings is 1. The fraction of sp³-hybridized carbons (Fsp3) is 0.316. The molecule has 0 aromatic heterocycles. The topological polar surface area (TPSA) is 70.9 Å². The van der Waals surface area contributed by atoms with Crippen molar-refractivity contribution in [1.29, 1.82) is 0 Å². The van der Waals surface area contributed by atoms with Crippen LogP contribution in [0.5, 0.6) is 0 Å². The number of rotatable bonds is 6. The van der Waals surface area contributed by atoms with Gasteiger partial charge in [-0.3, -0.25) is 4.79 Å². The van der Waals surface area contributed by atoms with Gasteiger partial charge in [-0.1, -0.05) is 30.3 Å². The summed E-state index contributed by atoms with van der Waals surface area (Å²) in [5.41, 5.74) is 0.660. The molecular weight excluding hydrogens is 388 g/mol. The number of halogens is 2. The number of hydrogen-bond acceptors (Lipinski definition) is 3.